The third kappa shape index (κ3) is 5.05. The molecule has 2 aliphatic heterocycles. The number of carbonyl (C=O) groups excluding carboxylic acids is 1. The topological polar surface area (TPSA) is 77.8 Å². The van der Waals surface area contributed by atoms with Gasteiger partial charge in [0.2, 0.25) is 12.7 Å². The van der Waals surface area contributed by atoms with E-state index in [9.17, 15) is 4.79 Å². The Bertz CT molecular complexity index is 907. The fraction of sp³-hybridized carbons (Fsp3) is 0.364. The Labute approximate surface area is 170 Å². The molecule has 4 rings (SSSR count). The van der Waals surface area contributed by atoms with Gasteiger partial charge >= 0.3 is 0 Å². The van der Waals surface area contributed by atoms with Gasteiger partial charge in [-0.2, -0.15) is 5.26 Å². The van der Waals surface area contributed by atoms with Crippen LogP contribution in [0.4, 0.5) is 5.69 Å². The highest BCUT2D eigenvalue weighted by atomic mass is 16.7. The molecule has 2 aliphatic rings. The van der Waals surface area contributed by atoms with E-state index in [1.807, 2.05) is 36.4 Å². The Morgan fingerprint density at radius 3 is 2.59 bits per heavy atom. The molecule has 2 aromatic carbocycles. The SMILES string of the molecule is N#Cc1ccc(CN2CCCN(CC(=O)Nc3ccc4c(c3)OCO4)CC2)cc1. The van der Waals surface area contributed by atoms with Crippen LogP contribution in [0.3, 0.4) is 0 Å². The molecule has 0 saturated carbocycles. The van der Waals surface area contributed by atoms with Crippen molar-refractivity contribution in [1.29, 1.82) is 5.26 Å². The fourth-order valence-electron chi connectivity index (χ4n) is 3.66. The number of hydrogen-bond donors (Lipinski definition) is 1. The predicted molar refractivity (Wildman–Crippen MR) is 109 cm³/mol. The third-order valence-electron chi connectivity index (χ3n) is 5.19. The predicted octanol–water partition coefficient (Wildman–Crippen LogP) is 2.43. The molecule has 0 aliphatic carbocycles. The summed E-state index contributed by atoms with van der Waals surface area (Å²) >= 11 is 0. The van der Waals surface area contributed by atoms with E-state index in [1.54, 1.807) is 6.07 Å². The average molecular weight is 392 g/mol. The lowest BCUT2D eigenvalue weighted by molar-refractivity contribution is -0.117. The summed E-state index contributed by atoms with van der Waals surface area (Å²) in [4.78, 5) is 17.1. The summed E-state index contributed by atoms with van der Waals surface area (Å²) in [7, 11) is 0. The van der Waals surface area contributed by atoms with Gasteiger partial charge in [-0.15, -0.1) is 0 Å². The molecule has 1 fully saturated rings. The maximum absolute atomic E-state index is 12.5. The summed E-state index contributed by atoms with van der Waals surface area (Å²) < 4.78 is 10.7. The van der Waals surface area contributed by atoms with Gasteiger partial charge in [-0.1, -0.05) is 12.1 Å². The zero-order chi connectivity index (χ0) is 20.1. The van der Waals surface area contributed by atoms with Crippen molar-refractivity contribution < 1.29 is 14.3 Å². The molecule has 0 radical (unpaired) electrons. The standard InChI is InChI=1S/C22H24N4O3/c23-13-17-2-4-18(5-3-17)14-25-8-1-9-26(11-10-25)15-22(27)24-19-6-7-20-21(12-19)29-16-28-20/h2-7,12H,1,8-11,14-16H2,(H,24,27). The van der Waals surface area contributed by atoms with Gasteiger partial charge in [0, 0.05) is 31.4 Å². The number of rotatable bonds is 5. The zero-order valence-electron chi connectivity index (χ0n) is 16.3. The van der Waals surface area contributed by atoms with Crippen LogP contribution in [-0.4, -0.2) is 55.2 Å². The molecule has 2 heterocycles. The van der Waals surface area contributed by atoms with Crippen molar-refractivity contribution in [2.75, 3.05) is 44.8 Å². The van der Waals surface area contributed by atoms with E-state index in [0.717, 1.165) is 44.8 Å². The molecule has 7 nitrogen and oxygen atoms in total. The lowest BCUT2D eigenvalue weighted by Gasteiger charge is -2.21. The van der Waals surface area contributed by atoms with Crippen molar-refractivity contribution in [3.8, 4) is 17.6 Å². The number of amides is 1. The Hall–Kier alpha value is -3.08. The first-order chi connectivity index (χ1) is 14.2. The summed E-state index contributed by atoms with van der Waals surface area (Å²) in [5.41, 5.74) is 2.61. The van der Waals surface area contributed by atoms with Crippen molar-refractivity contribution >= 4 is 11.6 Å². The van der Waals surface area contributed by atoms with Crippen LogP contribution in [0.15, 0.2) is 42.5 Å². The van der Waals surface area contributed by atoms with Crippen molar-refractivity contribution in [2.24, 2.45) is 0 Å². The molecule has 0 spiro atoms. The van der Waals surface area contributed by atoms with E-state index in [1.165, 1.54) is 5.56 Å². The molecule has 0 aromatic heterocycles. The highest BCUT2D eigenvalue weighted by Crippen LogP contribution is 2.34. The van der Waals surface area contributed by atoms with E-state index in [2.05, 4.69) is 21.2 Å². The molecule has 29 heavy (non-hydrogen) atoms. The average Bonchev–Trinajstić information content (AvgIpc) is 3.09. The van der Waals surface area contributed by atoms with Crippen molar-refractivity contribution in [2.45, 2.75) is 13.0 Å². The second kappa shape index (κ2) is 8.95. The number of nitrogens with one attached hydrogen (secondary N) is 1. The number of benzene rings is 2. The third-order valence-corrected chi connectivity index (χ3v) is 5.19. The molecule has 0 bridgehead atoms. The number of anilines is 1. The number of carbonyl (C=O) groups is 1. The van der Waals surface area contributed by atoms with Gasteiger partial charge in [-0.25, -0.2) is 0 Å². The normalized spacial score (nSPS) is 16.8. The summed E-state index contributed by atoms with van der Waals surface area (Å²) in [5.74, 6) is 1.35. The molecule has 7 heteroatoms. The zero-order valence-corrected chi connectivity index (χ0v) is 16.3. The molecular formula is C22H24N4O3. The largest absolute Gasteiger partial charge is 0.454 e. The summed E-state index contributed by atoms with van der Waals surface area (Å²) in [6.45, 7) is 5.13. The highest BCUT2D eigenvalue weighted by Gasteiger charge is 2.18. The van der Waals surface area contributed by atoms with Gasteiger partial charge in [0.15, 0.2) is 11.5 Å². The van der Waals surface area contributed by atoms with Crippen molar-refractivity contribution in [1.82, 2.24) is 9.80 Å². The maximum Gasteiger partial charge on any atom is 0.238 e. The molecule has 150 valence electrons. The maximum atomic E-state index is 12.5. The monoisotopic (exact) mass is 392 g/mol. The van der Waals surface area contributed by atoms with Crippen LogP contribution in [0.5, 0.6) is 11.5 Å². The molecular weight excluding hydrogens is 368 g/mol. The van der Waals surface area contributed by atoms with Crippen LogP contribution in [0.1, 0.15) is 17.5 Å². The van der Waals surface area contributed by atoms with E-state index < -0.39 is 0 Å². The molecule has 1 amide bonds. The quantitative estimate of drug-likeness (QED) is 0.842. The first kappa shape index (κ1) is 19.2. The van der Waals surface area contributed by atoms with Gasteiger partial charge in [0.05, 0.1) is 18.2 Å². The molecule has 2 aromatic rings. The number of ether oxygens (including phenoxy) is 2. The number of fused-ring (bicyclic) bond motifs is 1. The molecule has 1 saturated heterocycles. The van der Waals surface area contributed by atoms with Gasteiger partial charge in [0.1, 0.15) is 0 Å². The van der Waals surface area contributed by atoms with Gasteiger partial charge in [0.25, 0.3) is 0 Å². The smallest absolute Gasteiger partial charge is 0.238 e. The minimum Gasteiger partial charge on any atom is -0.454 e. The van der Waals surface area contributed by atoms with E-state index in [-0.39, 0.29) is 12.7 Å². The highest BCUT2D eigenvalue weighted by molar-refractivity contribution is 5.92. The van der Waals surface area contributed by atoms with Crippen LogP contribution in [0.2, 0.25) is 0 Å². The van der Waals surface area contributed by atoms with Crippen LogP contribution in [-0.2, 0) is 11.3 Å². The molecule has 0 unspecified atom stereocenters. The lowest BCUT2D eigenvalue weighted by atomic mass is 10.1. The van der Waals surface area contributed by atoms with Crippen molar-refractivity contribution in [3.05, 3.63) is 53.6 Å². The fourth-order valence-corrected chi connectivity index (χ4v) is 3.66. The van der Waals surface area contributed by atoms with E-state index in [0.29, 0.717) is 23.6 Å². The minimum absolute atomic E-state index is 0.0237. The van der Waals surface area contributed by atoms with Gasteiger partial charge < -0.3 is 14.8 Å². The Balaban J connectivity index is 1.26. The molecule has 1 N–H and O–H groups in total. The summed E-state index contributed by atoms with van der Waals surface area (Å²) in [5, 5.41) is 11.9. The summed E-state index contributed by atoms with van der Waals surface area (Å²) in [6.07, 6.45) is 1.02. The lowest BCUT2D eigenvalue weighted by Crippen LogP contribution is -2.36. The summed E-state index contributed by atoms with van der Waals surface area (Å²) in [6, 6.07) is 15.3. The Morgan fingerprint density at radius 1 is 1.00 bits per heavy atom. The number of nitrogens with zero attached hydrogens (tertiary/aromatic N) is 3. The second-order valence-electron chi connectivity index (χ2n) is 7.33. The second-order valence-corrected chi connectivity index (χ2v) is 7.33. The van der Waals surface area contributed by atoms with Crippen LogP contribution < -0.4 is 14.8 Å². The Morgan fingerprint density at radius 2 is 1.76 bits per heavy atom. The Kier molecular flexibility index (Phi) is 5.94. The van der Waals surface area contributed by atoms with Crippen molar-refractivity contribution in [3.63, 3.8) is 0 Å². The van der Waals surface area contributed by atoms with Crippen LogP contribution >= 0.6 is 0 Å². The van der Waals surface area contributed by atoms with Gasteiger partial charge in [-0.3, -0.25) is 14.6 Å². The van der Waals surface area contributed by atoms with E-state index in [4.69, 9.17) is 14.7 Å². The van der Waals surface area contributed by atoms with Crippen LogP contribution in [0, 0.1) is 11.3 Å². The van der Waals surface area contributed by atoms with Crippen LogP contribution in [0.25, 0.3) is 0 Å². The first-order valence-electron chi connectivity index (χ1n) is 9.83. The number of hydrogen-bond acceptors (Lipinski definition) is 6. The van der Waals surface area contributed by atoms with Gasteiger partial charge in [-0.05, 0) is 49.3 Å². The van der Waals surface area contributed by atoms with E-state index >= 15 is 0 Å². The molecule has 0 atom stereocenters. The first-order valence-corrected chi connectivity index (χ1v) is 9.83. The number of nitriles is 1. The minimum atomic E-state index is -0.0237.